The fourth-order valence-corrected chi connectivity index (χ4v) is 2.99. The molecule has 0 saturated heterocycles. The van der Waals surface area contributed by atoms with Gasteiger partial charge in [-0.3, -0.25) is 14.3 Å². The number of anilines is 1. The lowest BCUT2D eigenvalue weighted by atomic mass is 9.99. The maximum atomic E-state index is 12.1. The molecule has 2 aromatic carbocycles. The van der Waals surface area contributed by atoms with Crippen molar-refractivity contribution in [2.75, 3.05) is 11.9 Å². The Morgan fingerprint density at radius 3 is 2.79 bits per heavy atom. The molecule has 0 saturated carbocycles. The molecular formula is C21H18N4O3. The maximum absolute atomic E-state index is 12.1. The molecule has 140 valence electrons. The first kappa shape index (κ1) is 17.5. The van der Waals surface area contributed by atoms with Crippen LogP contribution in [0.25, 0.3) is 21.9 Å². The Morgan fingerprint density at radius 2 is 2.04 bits per heavy atom. The number of aryl methyl sites for hydroxylation is 1. The van der Waals surface area contributed by atoms with Crippen LogP contribution < -0.4 is 15.6 Å². The van der Waals surface area contributed by atoms with Crippen LogP contribution in [0.1, 0.15) is 0 Å². The molecule has 0 atom stereocenters. The molecule has 0 aliphatic carbocycles. The first-order valence-electron chi connectivity index (χ1n) is 8.73. The van der Waals surface area contributed by atoms with E-state index >= 15 is 0 Å². The molecule has 2 aromatic heterocycles. The molecule has 0 fully saturated rings. The lowest BCUT2D eigenvalue weighted by Crippen LogP contribution is -2.20. The molecule has 0 aliphatic heterocycles. The number of carbonyl (C=O) groups excluding carboxylic acids is 1. The van der Waals surface area contributed by atoms with Gasteiger partial charge in [-0.05, 0) is 40.1 Å². The molecule has 0 unspecified atom stereocenters. The standard InChI is InChI=1S/C21H18N4O3/c1-25-9-8-19(24-25)23-21(27)13-28-16-10-14-4-2-3-5-17(14)18(11-16)15-6-7-20(26)22-12-15/h2-12H,13H2,1H3,(H,22,26)(H,23,24,27). The van der Waals surface area contributed by atoms with Gasteiger partial charge in [-0.1, -0.05) is 24.3 Å². The van der Waals surface area contributed by atoms with E-state index < -0.39 is 0 Å². The Balaban J connectivity index is 1.59. The third-order valence-electron chi connectivity index (χ3n) is 4.28. The first-order valence-corrected chi connectivity index (χ1v) is 8.73. The van der Waals surface area contributed by atoms with Gasteiger partial charge in [-0.15, -0.1) is 0 Å². The number of nitrogens with one attached hydrogen (secondary N) is 2. The van der Waals surface area contributed by atoms with E-state index in [4.69, 9.17) is 4.74 Å². The highest BCUT2D eigenvalue weighted by Crippen LogP contribution is 2.32. The van der Waals surface area contributed by atoms with Crippen molar-refractivity contribution in [3.8, 4) is 16.9 Å². The van der Waals surface area contributed by atoms with Crippen molar-refractivity contribution < 1.29 is 9.53 Å². The zero-order valence-corrected chi connectivity index (χ0v) is 15.2. The monoisotopic (exact) mass is 374 g/mol. The van der Waals surface area contributed by atoms with Crippen LogP contribution in [-0.2, 0) is 11.8 Å². The second-order valence-electron chi connectivity index (χ2n) is 6.35. The molecule has 7 nitrogen and oxygen atoms in total. The largest absolute Gasteiger partial charge is 0.484 e. The highest BCUT2D eigenvalue weighted by atomic mass is 16.5. The number of carbonyl (C=O) groups is 1. The van der Waals surface area contributed by atoms with Crippen LogP contribution >= 0.6 is 0 Å². The molecule has 0 spiro atoms. The average molecular weight is 374 g/mol. The van der Waals surface area contributed by atoms with Gasteiger partial charge in [0.15, 0.2) is 12.4 Å². The summed E-state index contributed by atoms with van der Waals surface area (Å²) in [6.45, 7) is -0.139. The lowest BCUT2D eigenvalue weighted by Gasteiger charge is -2.12. The van der Waals surface area contributed by atoms with Gasteiger partial charge in [-0.2, -0.15) is 5.10 Å². The van der Waals surface area contributed by atoms with E-state index in [2.05, 4.69) is 15.4 Å². The third-order valence-corrected chi connectivity index (χ3v) is 4.28. The molecular weight excluding hydrogens is 356 g/mol. The van der Waals surface area contributed by atoms with Crippen molar-refractivity contribution in [3.63, 3.8) is 0 Å². The molecule has 4 rings (SSSR count). The number of amides is 1. The third kappa shape index (κ3) is 3.78. The van der Waals surface area contributed by atoms with Crippen molar-refractivity contribution in [1.82, 2.24) is 14.8 Å². The summed E-state index contributed by atoms with van der Waals surface area (Å²) >= 11 is 0. The van der Waals surface area contributed by atoms with Gasteiger partial charge in [-0.25, -0.2) is 0 Å². The Morgan fingerprint density at radius 1 is 1.18 bits per heavy atom. The molecule has 7 heteroatoms. The highest BCUT2D eigenvalue weighted by Gasteiger charge is 2.10. The summed E-state index contributed by atoms with van der Waals surface area (Å²) in [5, 5.41) is 8.80. The van der Waals surface area contributed by atoms with E-state index in [-0.39, 0.29) is 18.1 Å². The van der Waals surface area contributed by atoms with Gasteiger partial charge in [0.25, 0.3) is 5.91 Å². The molecule has 1 amide bonds. The highest BCUT2D eigenvalue weighted by molar-refractivity contribution is 5.98. The number of hydrogen-bond donors (Lipinski definition) is 2. The van der Waals surface area contributed by atoms with E-state index in [0.29, 0.717) is 11.6 Å². The number of rotatable bonds is 5. The van der Waals surface area contributed by atoms with Crippen molar-refractivity contribution >= 4 is 22.5 Å². The molecule has 28 heavy (non-hydrogen) atoms. The van der Waals surface area contributed by atoms with Gasteiger partial charge in [0.1, 0.15) is 5.75 Å². The second kappa shape index (κ2) is 7.40. The normalized spacial score (nSPS) is 10.8. The minimum Gasteiger partial charge on any atom is -0.484 e. The summed E-state index contributed by atoms with van der Waals surface area (Å²) in [6.07, 6.45) is 3.41. The Labute approximate surface area is 160 Å². The fourth-order valence-electron chi connectivity index (χ4n) is 2.99. The fraction of sp³-hybridized carbons (Fsp3) is 0.0952. The smallest absolute Gasteiger partial charge is 0.263 e. The zero-order valence-electron chi connectivity index (χ0n) is 15.2. The SMILES string of the molecule is Cn1ccc(NC(=O)COc2cc(-c3ccc(=O)[nH]c3)c3ccccc3c2)n1. The van der Waals surface area contributed by atoms with E-state index in [1.165, 1.54) is 6.07 Å². The van der Waals surface area contributed by atoms with Crippen LogP contribution in [0.5, 0.6) is 5.75 Å². The van der Waals surface area contributed by atoms with Crippen molar-refractivity contribution in [1.29, 1.82) is 0 Å². The summed E-state index contributed by atoms with van der Waals surface area (Å²) in [7, 11) is 1.78. The van der Waals surface area contributed by atoms with Gasteiger partial charge < -0.3 is 15.0 Å². The number of H-pyrrole nitrogens is 1. The van der Waals surface area contributed by atoms with Crippen LogP contribution in [0.4, 0.5) is 5.82 Å². The van der Waals surface area contributed by atoms with Crippen LogP contribution in [-0.4, -0.2) is 27.3 Å². The summed E-state index contributed by atoms with van der Waals surface area (Å²) in [5.41, 5.74) is 1.61. The minimum atomic E-state index is -0.294. The van der Waals surface area contributed by atoms with E-state index in [9.17, 15) is 9.59 Å². The predicted octanol–water partition coefficient (Wildman–Crippen LogP) is 2.95. The Kier molecular flexibility index (Phi) is 4.63. The number of aromatic amines is 1. The van der Waals surface area contributed by atoms with Crippen LogP contribution in [0.3, 0.4) is 0 Å². The lowest BCUT2D eigenvalue weighted by molar-refractivity contribution is -0.118. The van der Waals surface area contributed by atoms with Gasteiger partial charge in [0.05, 0.1) is 0 Å². The number of nitrogens with zero attached hydrogens (tertiary/aromatic N) is 2. The van der Waals surface area contributed by atoms with E-state index in [1.807, 2.05) is 36.4 Å². The maximum Gasteiger partial charge on any atom is 0.263 e. The summed E-state index contributed by atoms with van der Waals surface area (Å²) in [5.74, 6) is 0.747. The van der Waals surface area contributed by atoms with Crippen LogP contribution in [0.15, 0.2) is 71.8 Å². The van der Waals surface area contributed by atoms with Crippen molar-refractivity contribution in [2.45, 2.75) is 0 Å². The quantitative estimate of drug-likeness (QED) is 0.562. The topological polar surface area (TPSA) is 89.0 Å². The van der Waals surface area contributed by atoms with Gasteiger partial charge in [0, 0.05) is 31.6 Å². The summed E-state index contributed by atoms with van der Waals surface area (Å²) in [4.78, 5) is 26.2. The Bertz CT molecular complexity index is 1190. The molecule has 2 N–H and O–H groups in total. The number of benzene rings is 2. The molecule has 2 heterocycles. The minimum absolute atomic E-state index is 0.139. The van der Waals surface area contributed by atoms with Gasteiger partial charge in [0.2, 0.25) is 5.56 Å². The molecule has 0 bridgehead atoms. The number of pyridine rings is 1. The van der Waals surface area contributed by atoms with E-state index in [1.54, 1.807) is 36.3 Å². The average Bonchev–Trinajstić information content (AvgIpc) is 3.11. The number of ether oxygens (including phenoxy) is 1. The van der Waals surface area contributed by atoms with Crippen LogP contribution in [0, 0.1) is 0 Å². The van der Waals surface area contributed by atoms with Crippen molar-refractivity contribution in [2.24, 2.45) is 7.05 Å². The molecule has 4 aromatic rings. The predicted molar refractivity (Wildman–Crippen MR) is 107 cm³/mol. The Hall–Kier alpha value is -3.87. The van der Waals surface area contributed by atoms with E-state index in [0.717, 1.165) is 21.9 Å². The number of hydrogen-bond acceptors (Lipinski definition) is 4. The number of fused-ring (bicyclic) bond motifs is 1. The second-order valence-corrected chi connectivity index (χ2v) is 6.35. The van der Waals surface area contributed by atoms with Crippen molar-refractivity contribution in [3.05, 3.63) is 77.3 Å². The first-order chi connectivity index (χ1) is 13.6. The summed E-state index contributed by atoms with van der Waals surface area (Å²) < 4.78 is 7.33. The van der Waals surface area contributed by atoms with Gasteiger partial charge >= 0.3 is 0 Å². The molecule has 0 aliphatic rings. The molecule has 0 radical (unpaired) electrons. The number of aromatic nitrogens is 3. The zero-order chi connectivity index (χ0) is 19.5. The van der Waals surface area contributed by atoms with Crippen LogP contribution in [0.2, 0.25) is 0 Å². The summed E-state index contributed by atoms with van der Waals surface area (Å²) in [6, 6.07) is 16.6.